The number of benzene rings is 1. The zero-order chi connectivity index (χ0) is 17.8. The van der Waals surface area contributed by atoms with Crippen LogP contribution >= 0.6 is 11.3 Å². The van der Waals surface area contributed by atoms with Crippen LogP contribution in [-0.2, 0) is 0 Å². The van der Waals surface area contributed by atoms with Crippen molar-refractivity contribution in [2.45, 2.75) is 6.92 Å². The minimum absolute atomic E-state index is 0.240. The summed E-state index contributed by atoms with van der Waals surface area (Å²) in [6, 6.07) is 13.9. The molecule has 0 aliphatic rings. The Kier molecular flexibility index (Phi) is 4.90. The van der Waals surface area contributed by atoms with E-state index in [4.69, 9.17) is 4.74 Å². The maximum absolute atomic E-state index is 12.4. The summed E-state index contributed by atoms with van der Waals surface area (Å²) in [5, 5.41) is 4.51. The van der Waals surface area contributed by atoms with E-state index < -0.39 is 5.97 Å². The van der Waals surface area contributed by atoms with E-state index in [1.165, 1.54) is 6.07 Å². The van der Waals surface area contributed by atoms with Crippen LogP contribution in [0, 0.1) is 6.92 Å². The van der Waals surface area contributed by atoms with Crippen LogP contribution in [0.5, 0.6) is 5.75 Å². The summed E-state index contributed by atoms with van der Waals surface area (Å²) in [6.07, 6.45) is 0. The van der Waals surface area contributed by atoms with Crippen LogP contribution in [0.2, 0.25) is 0 Å². The Hall–Kier alpha value is -2.99. The zero-order valence-electron chi connectivity index (χ0n) is 13.8. The molecule has 0 atom stereocenters. The molecule has 3 rings (SSSR count). The van der Waals surface area contributed by atoms with E-state index >= 15 is 0 Å². The zero-order valence-corrected chi connectivity index (χ0v) is 14.6. The Morgan fingerprint density at radius 2 is 1.96 bits per heavy atom. The van der Waals surface area contributed by atoms with Gasteiger partial charge in [0.1, 0.15) is 5.75 Å². The van der Waals surface area contributed by atoms with E-state index in [0.29, 0.717) is 22.6 Å². The lowest BCUT2D eigenvalue weighted by atomic mass is 10.1. The molecule has 1 aromatic carbocycles. The standard InChI is InChI=1S/C19H16N2O3S/c1-12-15(8-9-16(21-12)17-7-4-10-25-17)19(23)24-14-6-3-5-13(11-14)18(22)20-2/h3-11H,1-2H3,(H,20,22). The normalized spacial score (nSPS) is 10.3. The number of aryl methyl sites for hydroxylation is 1. The molecule has 1 amide bonds. The van der Waals surface area contributed by atoms with Gasteiger partial charge in [0.2, 0.25) is 0 Å². The highest BCUT2D eigenvalue weighted by molar-refractivity contribution is 7.13. The number of amides is 1. The molecular formula is C19H16N2O3S. The first kappa shape index (κ1) is 16.9. The van der Waals surface area contributed by atoms with Crippen LogP contribution in [0.1, 0.15) is 26.4 Å². The SMILES string of the molecule is CNC(=O)c1cccc(OC(=O)c2ccc(-c3cccs3)nc2C)c1. The molecule has 0 saturated carbocycles. The van der Waals surface area contributed by atoms with Crippen molar-refractivity contribution in [3.05, 3.63) is 70.7 Å². The van der Waals surface area contributed by atoms with Gasteiger partial charge in [-0.3, -0.25) is 9.78 Å². The predicted octanol–water partition coefficient (Wildman–Crippen LogP) is 3.70. The molecule has 1 N–H and O–H groups in total. The van der Waals surface area contributed by atoms with Crippen molar-refractivity contribution >= 4 is 23.2 Å². The van der Waals surface area contributed by atoms with E-state index in [-0.39, 0.29) is 5.91 Å². The maximum atomic E-state index is 12.4. The maximum Gasteiger partial charge on any atom is 0.345 e. The summed E-state index contributed by atoms with van der Waals surface area (Å²) in [5.74, 6) is -0.430. The van der Waals surface area contributed by atoms with Crippen LogP contribution in [0.4, 0.5) is 0 Å². The van der Waals surface area contributed by atoms with Gasteiger partial charge in [-0.1, -0.05) is 12.1 Å². The smallest absolute Gasteiger partial charge is 0.345 e. The number of nitrogens with zero attached hydrogens (tertiary/aromatic N) is 1. The molecule has 3 aromatic rings. The molecule has 6 heteroatoms. The summed E-state index contributed by atoms with van der Waals surface area (Å²) >= 11 is 1.59. The third-order valence-electron chi connectivity index (χ3n) is 3.61. The van der Waals surface area contributed by atoms with Gasteiger partial charge in [0, 0.05) is 12.6 Å². The van der Waals surface area contributed by atoms with Crippen LogP contribution in [0.15, 0.2) is 53.9 Å². The Morgan fingerprint density at radius 3 is 2.64 bits per heavy atom. The Morgan fingerprint density at radius 1 is 1.12 bits per heavy atom. The Bertz CT molecular complexity index is 920. The second-order valence-electron chi connectivity index (χ2n) is 5.30. The molecule has 126 valence electrons. The van der Waals surface area contributed by atoms with E-state index in [1.807, 2.05) is 17.5 Å². The number of pyridine rings is 1. The van der Waals surface area contributed by atoms with Crippen LogP contribution < -0.4 is 10.1 Å². The van der Waals surface area contributed by atoms with Gasteiger partial charge in [0.15, 0.2) is 0 Å². The first-order valence-electron chi connectivity index (χ1n) is 7.64. The van der Waals surface area contributed by atoms with Gasteiger partial charge in [-0.2, -0.15) is 0 Å². The number of esters is 1. The van der Waals surface area contributed by atoms with Crippen molar-refractivity contribution in [3.8, 4) is 16.3 Å². The quantitative estimate of drug-likeness (QED) is 0.574. The molecule has 0 spiro atoms. The lowest BCUT2D eigenvalue weighted by Gasteiger charge is -2.08. The largest absolute Gasteiger partial charge is 0.423 e. The van der Waals surface area contributed by atoms with Crippen molar-refractivity contribution in [2.24, 2.45) is 0 Å². The highest BCUT2D eigenvalue weighted by Crippen LogP contribution is 2.24. The molecule has 0 aliphatic heterocycles. The third kappa shape index (κ3) is 3.75. The lowest BCUT2D eigenvalue weighted by Crippen LogP contribution is -2.18. The highest BCUT2D eigenvalue weighted by atomic mass is 32.1. The summed E-state index contributed by atoms with van der Waals surface area (Å²) in [4.78, 5) is 29.6. The number of nitrogens with one attached hydrogen (secondary N) is 1. The van der Waals surface area contributed by atoms with E-state index in [1.54, 1.807) is 55.6 Å². The molecule has 0 saturated heterocycles. The van der Waals surface area contributed by atoms with Crippen LogP contribution in [-0.4, -0.2) is 23.9 Å². The molecule has 0 radical (unpaired) electrons. The Labute approximate surface area is 149 Å². The molecule has 5 nitrogen and oxygen atoms in total. The summed E-state index contributed by atoms with van der Waals surface area (Å²) < 4.78 is 5.39. The molecule has 2 heterocycles. The molecule has 0 fully saturated rings. The fourth-order valence-corrected chi connectivity index (χ4v) is 3.04. The lowest BCUT2D eigenvalue weighted by molar-refractivity contribution is 0.0732. The number of ether oxygens (including phenoxy) is 1. The van der Waals surface area contributed by atoms with Crippen LogP contribution in [0.3, 0.4) is 0 Å². The van der Waals surface area contributed by atoms with E-state index in [9.17, 15) is 9.59 Å². The topological polar surface area (TPSA) is 68.3 Å². The summed E-state index contributed by atoms with van der Waals surface area (Å²) in [7, 11) is 1.55. The van der Waals surface area contributed by atoms with E-state index in [0.717, 1.165) is 10.6 Å². The van der Waals surface area contributed by atoms with Gasteiger partial charge in [-0.05, 0) is 48.7 Å². The second kappa shape index (κ2) is 7.27. The summed E-state index contributed by atoms with van der Waals surface area (Å²) in [6.45, 7) is 1.77. The minimum atomic E-state index is -0.503. The highest BCUT2D eigenvalue weighted by Gasteiger charge is 2.15. The first-order chi connectivity index (χ1) is 12.1. The number of thiophene rings is 1. The van der Waals surface area contributed by atoms with Gasteiger partial charge in [-0.25, -0.2) is 4.79 Å². The van der Waals surface area contributed by atoms with Crippen LogP contribution in [0.25, 0.3) is 10.6 Å². The van der Waals surface area contributed by atoms with Crippen molar-refractivity contribution in [1.82, 2.24) is 10.3 Å². The number of rotatable bonds is 4. The third-order valence-corrected chi connectivity index (χ3v) is 4.51. The van der Waals surface area contributed by atoms with E-state index in [2.05, 4.69) is 10.3 Å². The summed E-state index contributed by atoms with van der Waals surface area (Å²) in [5.41, 5.74) is 2.24. The average molecular weight is 352 g/mol. The monoisotopic (exact) mass is 352 g/mol. The molecule has 2 aromatic heterocycles. The molecule has 25 heavy (non-hydrogen) atoms. The number of hydrogen-bond donors (Lipinski definition) is 1. The van der Waals surface area contributed by atoms with Crippen molar-refractivity contribution in [2.75, 3.05) is 7.05 Å². The fraction of sp³-hybridized carbons (Fsp3) is 0.105. The molecule has 0 bridgehead atoms. The van der Waals surface area contributed by atoms with Gasteiger partial charge >= 0.3 is 5.97 Å². The number of aromatic nitrogens is 1. The van der Waals surface area contributed by atoms with Crippen molar-refractivity contribution in [3.63, 3.8) is 0 Å². The minimum Gasteiger partial charge on any atom is -0.423 e. The fourth-order valence-electron chi connectivity index (χ4n) is 2.35. The number of hydrogen-bond acceptors (Lipinski definition) is 5. The predicted molar refractivity (Wildman–Crippen MR) is 97.1 cm³/mol. The van der Waals surface area contributed by atoms with Crippen molar-refractivity contribution < 1.29 is 14.3 Å². The van der Waals surface area contributed by atoms with Gasteiger partial charge in [-0.15, -0.1) is 11.3 Å². The number of carbonyl (C=O) groups is 2. The van der Waals surface area contributed by atoms with Crippen molar-refractivity contribution in [1.29, 1.82) is 0 Å². The first-order valence-corrected chi connectivity index (χ1v) is 8.52. The average Bonchev–Trinajstić information content (AvgIpc) is 3.15. The molecular weight excluding hydrogens is 336 g/mol. The van der Waals surface area contributed by atoms with Gasteiger partial charge < -0.3 is 10.1 Å². The second-order valence-corrected chi connectivity index (χ2v) is 6.25. The molecule has 0 aliphatic carbocycles. The Balaban J connectivity index is 1.81. The van der Waals surface area contributed by atoms with Gasteiger partial charge in [0.25, 0.3) is 5.91 Å². The van der Waals surface area contributed by atoms with Gasteiger partial charge in [0.05, 0.1) is 21.8 Å². The molecule has 0 unspecified atom stereocenters. The number of carbonyl (C=O) groups excluding carboxylic acids is 2.